The third-order valence-corrected chi connectivity index (χ3v) is 2.93. The number of aryl methyl sites for hydroxylation is 1. The second-order valence-corrected chi connectivity index (χ2v) is 4.40. The number of nitrogens with zero attached hydrogens (tertiary/aromatic N) is 2. The second-order valence-electron chi connectivity index (χ2n) is 2.83. The van der Waals surface area contributed by atoms with Gasteiger partial charge in [-0.3, -0.25) is 0 Å². The molecule has 0 saturated carbocycles. The first-order valence-electron chi connectivity index (χ1n) is 4.04. The van der Waals surface area contributed by atoms with Gasteiger partial charge in [-0.25, -0.2) is 9.59 Å². The Morgan fingerprint density at radius 3 is 2.44 bits per heavy atom. The van der Waals surface area contributed by atoms with E-state index in [9.17, 15) is 18.0 Å². The Balaban J connectivity index is 3.57. The molecule has 0 aromatic heterocycles. The van der Waals surface area contributed by atoms with Crippen molar-refractivity contribution in [1.82, 2.24) is 0 Å². The molecule has 0 fully saturated rings. The fraction of sp³-hybridized carbons (Fsp3) is 0.111. The monoisotopic (exact) mass is 238 g/mol. The molecule has 0 unspecified atom stereocenters. The minimum absolute atomic E-state index is 0.103. The maximum absolute atomic E-state index is 11.4. The minimum Gasteiger partial charge on any atom is -0.211 e. The molecule has 0 aliphatic rings. The third kappa shape index (κ3) is 2.49. The van der Waals surface area contributed by atoms with Crippen LogP contribution in [0, 0.1) is 6.92 Å². The standard InChI is InChI=1S/C9H6N2O4S/c1-7-2-3-9(8(4-7)10-5-12)16(14,15)11-6-13/h2-4H,1H3. The molecule has 0 atom stereocenters. The van der Waals surface area contributed by atoms with Crippen molar-refractivity contribution in [2.45, 2.75) is 11.8 Å². The molecule has 0 bridgehead atoms. The lowest BCUT2D eigenvalue weighted by Gasteiger charge is -2.01. The number of rotatable bonds is 3. The van der Waals surface area contributed by atoms with Gasteiger partial charge in [0.05, 0.1) is 5.69 Å². The SMILES string of the molecule is Cc1ccc(S(=O)(=O)N=C=O)c(N=C=O)c1. The Hall–Kier alpha value is -2.07. The first kappa shape index (κ1) is 12.0. The quantitative estimate of drug-likeness (QED) is 0.579. The van der Waals surface area contributed by atoms with Crippen molar-refractivity contribution in [2.24, 2.45) is 9.39 Å². The van der Waals surface area contributed by atoms with Gasteiger partial charge < -0.3 is 0 Å². The van der Waals surface area contributed by atoms with Crippen molar-refractivity contribution >= 4 is 27.9 Å². The van der Waals surface area contributed by atoms with Crippen LogP contribution in [0.4, 0.5) is 5.69 Å². The molecule has 0 heterocycles. The van der Waals surface area contributed by atoms with Crippen LogP contribution in [0.15, 0.2) is 32.5 Å². The Kier molecular flexibility index (Phi) is 3.48. The summed E-state index contributed by atoms with van der Waals surface area (Å²) in [5.41, 5.74) is 0.608. The van der Waals surface area contributed by atoms with Gasteiger partial charge in [0.25, 0.3) is 16.1 Å². The van der Waals surface area contributed by atoms with Gasteiger partial charge in [-0.1, -0.05) is 10.5 Å². The molecule has 0 N–H and O–H groups in total. The first-order valence-corrected chi connectivity index (χ1v) is 5.48. The van der Waals surface area contributed by atoms with Gasteiger partial charge >= 0.3 is 0 Å². The van der Waals surface area contributed by atoms with E-state index in [1.54, 1.807) is 6.92 Å². The highest BCUT2D eigenvalue weighted by molar-refractivity contribution is 7.90. The highest BCUT2D eigenvalue weighted by atomic mass is 32.2. The molecule has 16 heavy (non-hydrogen) atoms. The van der Waals surface area contributed by atoms with Crippen molar-refractivity contribution in [3.05, 3.63) is 23.8 Å². The van der Waals surface area contributed by atoms with Gasteiger partial charge in [0.2, 0.25) is 6.08 Å². The maximum Gasteiger partial charge on any atom is 0.294 e. The fourth-order valence-corrected chi connectivity index (χ4v) is 1.89. The normalized spacial score (nSPS) is 10.1. The Bertz CT molecular complexity index is 608. The molecule has 0 aliphatic carbocycles. The van der Waals surface area contributed by atoms with Crippen LogP contribution in [0.3, 0.4) is 0 Å². The molecule has 1 aromatic rings. The molecule has 0 amide bonds. The topological polar surface area (TPSA) is 93.0 Å². The lowest BCUT2D eigenvalue weighted by Crippen LogP contribution is -1.97. The van der Waals surface area contributed by atoms with Crippen LogP contribution in [-0.2, 0) is 19.6 Å². The average molecular weight is 238 g/mol. The zero-order valence-electron chi connectivity index (χ0n) is 8.17. The van der Waals surface area contributed by atoms with Crippen LogP contribution in [-0.4, -0.2) is 20.6 Å². The van der Waals surface area contributed by atoms with E-state index in [1.165, 1.54) is 24.3 Å². The molecule has 0 radical (unpaired) electrons. The summed E-state index contributed by atoms with van der Waals surface area (Å²) >= 11 is 0. The van der Waals surface area contributed by atoms with E-state index in [0.29, 0.717) is 5.56 Å². The van der Waals surface area contributed by atoms with Crippen molar-refractivity contribution < 1.29 is 18.0 Å². The van der Waals surface area contributed by atoms with E-state index < -0.39 is 10.0 Å². The van der Waals surface area contributed by atoms with E-state index in [4.69, 9.17) is 0 Å². The summed E-state index contributed by atoms with van der Waals surface area (Å²) in [5, 5.41) is 0. The van der Waals surface area contributed by atoms with Crippen molar-refractivity contribution in [2.75, 3.05) is 0 Å². The number of sulfonamides is 1. The number of carbonyl (C=O) groups excluding carboxylic acids is 2. The predicted molar refractivity (Wildman–Crippen MR) is 54.3 cm³/mol. The van der Waals surface area contributed by atoms with Crippen molar-refractivity contribution in [3.8, 4) is 0 Å². The summed E-state index contributed by atoms with van der Waals surface area (Å²) in [6, 6.07) is 4.08. The number of aliphatic imine (C=N–C) groups is 1. The zero-order chi connectivity index (χ0) is 12.2. The highest BCUT2D eigenvalue weighted by Crippen LogP contribution is 2.26. The summed E-state index contributed by atoms with van der Waals surface area (Å²) in [4.78, 5) is 23.0. The summed E-state index contributed by atoms with van der Waals surface area (Å²) < 4.78 is 25.5. The smallest absolute Gasteiger partial charge is 0.211 e. The molecule has 7 heteroatoms. The lowest BCUT2D eigenvalue weighted by molar-refractivity contribution is 0.563. The molecule has 6 nitrogen and oxygen atoms in total. The average Bonchev–Trinajstić information content (AvgIpc) is 2.17. The molecule has 0 spiro atoms. The number of hydrogen-bond acceptors (Lipinski definition) is 5. The number of benzene rings is 1. The number of hydrogen-bond donors (Lipinski definition) is 0. The fourth-order valence-electron chi connectivity index (χ4n) is 1.08. The van der Waals surface area contributed by atoms with E-state index in [2.05, 4.69) is 9.39 Å². The molecule has 82 valence electrons. The van der Waals surface area contributed by atoms with Gasteiger partial charge in [-0.2, -0.15) is 13.4 Å². The van der Waals surface area contributed by atoms with Crippen LogP contribution in [0.2, 0.25) is 0 Å². The van der Waals surface area contributed by atoms with Gasteiger partial charge in [0.15, 0.2) is 0 Å². The van der Waals surface area contributed by atoms with Crippen LogP contribution in [0.1, 0.15) is 5.56 Å². The Morgan fingerprint density at radius 2 is 1.88 bits per heavy atom. The summed E-state index contributed by atoms with van der Waals surface area (Å²) in [5.74, 6) is 0. The van der Waals surface area contributed by atoms with Crippen LogP contribution in [0.25, 0.3) is 0 Å². The molecule has 1 aromatic carbocycles. The second kappa shape index (κ2) is 4.63. The zero-order valence-corrected chi connectivity index (χ0v) is 8.98. The van der Waals surface area contributed by atoms with Crippen LogP contribution in [0.5, 0.6) is 0 Å². The summed E-state index contributed by atoms with van der Waals surface area (Å²) in [7, 11) is -4.15. The van der Waals surface area contributed by atoms with E-state index in [0.717, 1.165) is 6.08 Å². The lowest BCUT2D eigenvalue weighted by atomic mass is 10.2. The third-order valence-electron chi connectivity index (χ3n) is 1.72. The minimum atomic E-state index is -4.15. The van der Waals surface area contributed by atoms with E-state index >= 15 is 0 Å². The molecular weight excluding hydrogens is 232 g/mol. The Morgan fingerprint density at radius 1 is 1.19 bits per heavy atom. The van der Waals surface area contributed by atoms with Crippen LogP contribution < -0.4 is 0 Å². The predicted octanol–water partition coefficient (Wildman–Crippen LogP) is 0.987. The summed E-state index contributed by atoms with van der Waals surface area (Å²) in [6.07, 6.45) is 2.17. The number of isocyanates is 2. The first-order chi connectivity index (χ1) is 7.51. The van der Waals surface area contributed by atoms with Crippen LogP contribution >= 0.6 is 0 Å². The van der Waals surface area contributed by atoms with E-state index in [-0.39, 0.29) is 10.6 Å². The largest absolute Gasteiger partial charge is 0.294 e. The summed E-state index contributed by atoms with van der Waals surface area (Å²) in [6.45, 7) is 1.70. The van der Waals surface area contributed by atoms with Gasteiger partial charge in [0, 0.05) is 0 Å². The van der Waals surface area contributed by atoms with Gasteiger partial charge in [0.1, 0.15) is 4.90 Å². The van der Waals surface area contributed by atoms with Crippen molar-refractivity contribution in [3.63, 3.8) is 0 Å². The van der Waals surface area contributed by atoms with Gasteiger partial charge in [-0.05, 0) is 24.6 Å². The molecule has 0 aliphatic heterocycles. The maximum atomic E-state index is 11.4. The molecular formula is C9H6N2O4S. The Labute approximate surface area is 91.4 Å². The molecule has 0 saturated heterocycles. The van der Waals surface area contributed by atoms with Gasteiger partial charge in [-0.15, -0.1) is 0 Å². The molecule has 1 rings (SSSR count). The highest BCUT2D eigenvalue weighted by Gasteiger charge is 2.17. The van der Waals surface area contributed by atoms with E-state index in [1.807, 2.05) is 0 Å². The van der Waals surface area contributed by atoms with Crippen molar-refractivity contribution in [1.29, 1.82) is 0 Å².